The fourth-order valence-electron chi connectivity index (χ4n) is 1.70. The molecule has 0 saturated carbocycles. The summed E-state index contributed by atoms with van der Waals surface area (Å²) in [6.45, 7) is 4.91. The van der Waals surface area contributed by atoms with Crippen molar-refractivity contribution in [2.45, 2.75) is 38.5 Å². The Balaban J connectivity index is 2.83. The number of nitrogens with zero attached hydrogens (tertiary/aromatic N) is 2. The minimum Gasteiger partial charge on any atom is -0.387 e. The minimum absolute atomic E-state index is 0.418. The van der Waals surface area contributed by atoms with Crippen LogP contribution < -0.4 is 0 Å². The first kappa shape index (κ1) is 15.4. The third-order valence-corrected chi connectivity index (χ3v) is 3.18. The summed E-state index contributed by atoms with van der Waals surface area (Å²) >= 11 is 6.07. The number of hydrogen-bond acceptors (Lipinski definition) is 4. The van der Waals surface area contributed by atoms with Gasteiger partial charge in [0.25, 0.3) is 0 Å². The molecule has 1 heterocycles. The van der Waals surface area contributed by atoms with Crippen LogP contribution in [-0.4, -0.2) is 41.3 Å². The SMILES string of the molecule is COCCn1ncc(Cl)c1C(O)CC(C)(C)OC. The molecule has 18 heavy (non-hydrogen) atoms. The van der Waals surface area contributed by atoms with Crippen molar-refractivity contribution < 1.29 is 14.6 Å². The van der Waals surface area contributed by atoms with Gasteiger partial charge < -0.3 is 14.6 Å². The summed E-state index contributed by atoms with van der Waals surface area (Å²) in [7, 11) is 3.24. The fraction of sp³-hybridized carbons (Fsp3) is 0.750. The lowest BCUT2D eigenvalue weighted by atomic mass is 9.99. The highest BCUT2D eigenvalue weighted by Crippen LogP contribution is 2.30. The molecule has 0 aliphatic rings. The fourth-order valence-corrected chi connectivity index (χ4v) is 1.97. The zero-order valence-electron chi connectivity index (χ0n) is 11.3. The molecule has 5 nitrogen and oxygen atoms in total. The molecule has 1 N–H and O–H groups in total. The quantitative estimate of drug-likeness (QED) is 0.828. The molecule has 1 unspecified atom stereocenters. The number of aliphatic hydroxyl groups excluding tert-OH is 1. The van der Waals surface area contributed by atoms with Crippen molar-refractivity contribution in [3.05, 3.63) is 16.9 Å². The van der Waals surface area contributed by atoms with Crippen LogP contribution >= 0.6 is 11.6 Å². The van der Waals surface area contributed by atoms with E-state index in [-0.39, 0.29) is 0 Å². The number of aliphatic hydroxyl groups is 1. The molecule has 6 heteroatoms. The predicted octanol–water partition coefficient (Wildman–Crippen LogP) is 2.03. The van der Waals surface area contributed by atoms with Gasteiger partial charge >= 0.3 is 0 Å². The van der Waals surface area contributed by atoms with Crippen LogP contribution in [0.4, 0.5) is 0 Å². The van der Waals surface area contributed by atoms with E-state index in [0.29, 0.717) is 30.3 Å². The standard InChI is InChI=1S/C12H21ClN2O3/c1-12(2,18-4)7-10(16)11-9(13)8-14-15(11)5-6-17-3/h8,10,16H,5-7H2,1-4H3. The van der Waals surface area contributed by atoms with Gasteiger partial charge in [-0.15, -0.1) is 0 Å². The summed E-state index contributed by atoms with van der Waals surface area (Å²) in [5.41, 5.74) is 0.192. The Labute approximate surface area is 113 Å². The van der Waals surface area contributed by atoms with Gasteiger partial charge in [-0.1, -0.05) is 11.6 Å². The number of rotatable bonds is 7. The molecule has 0 radical (unpaired) electrons. The number of aromatic nitrogens is 2. The first-order valence-electron chi connectivity index (χ1n) is 5.84. The van der Waals surface area contributed by atoms with E-state index in [0.717, 1.165) is 0 Å². The van der Waals surface area contributed by atoms with Crippen LogP contribution in [-0.2, 0) is 16.0 Å². The molecule has 1 rings (SSSR count). The van der Waals surface area contributed by atoms with Gasteiger partial charge in [-0.25, -0.2) is 0 Å². The average Bonchev–Trinajstić information content (AvgIpc) is 2.67. The summed E-state index contributed by atoms with van der Waals surface area (Å²) in [4.78, 5) is 0. The first-order chi connectivity index (χ1) is 8.41. The molecule has 0 aromatic carbocycles. The number of halogens is 1. The maximum Gasteiger partial charge on any atom is 0.0999 e. The lowest BCUT2D eigenvalue weighted by Crippen LogP contribution is -2.26. The van der Waals surface area contributed by atoms with Crippen molar-refractivity contribution in [1.82, 2.24) is 9.78 Å². The third-order valence-electron chi connectivity index (χ3n) is 2.89. The van der Waals surface area contributed by atoms with Gasteiger partial charge in [-0.3, -0.25) is 4.68 Å². The van der Waals surface area contributed by atoms with Gasteiger partial charge in [-0.05, 0) is 13.8 Å². The van der Waals surface area contributed by atoms with E-state index < -0.39 is 11.7 Å². The first-order valence-corrected chi connectivity index (χ1v) is 6.22. The van der Waals surface area contributed by atoms with Crippen LogP contribution in [0.2, 0.25) is 5.02 Å². The van der Waals surface area contributed by atoms with Crippen LogP contribution in [0.5, 0.6) is 0 Å². The second kappa shape index (κ2) is 6.52. The molecule has 0 fully saturated rings. The second-order valence-corrected chi connectivity index (χ2v) is 5.18. The Morgan fingerprint density at radius 2 is 2.17 bits per heavy atom. The highest BCUT2D eigenvalue weighted by atomic mass is 35.5. The summed E-state index contributed by atoms with van der Waals surface area (Å²) in [5.74, 6) is 0. The predicted molar refractivity (Wildman–Crippen MR) is 69.8 cm³/mol. The van der Waals surface area contributed by atoms with E-state index >= 15 is 0 Å². The van der Waals surface area contributed by atoms with Crippen LogP contribution in [0, 0.1) is 0 Å². The molecular weight excluding hydrogens is 256 g/mol. The van der Waals surface area contributed by atoms with Crippen LogP contribution in [0.15, 0.2) is 6.20 Å². The Bertz CT molecular complexity index is 379. The molecule has 0 aliphatic carbocycles. The Kier molecular flexibility index (Phi) is 5.59. The molecular formula is C12H21ClN2O3. The van der Waals surface area contributed by atoms with E-state index in [1.807, 2.05) is 13.8 Å². The lowest BCUT2D eigenvalue weighted by molar-refractivity contribution is -0.0221. The molecule has 104 valence electrons. The molecule has 0 amide bonds. The Morgan fingerprint density at radius 1 is 1.50 bits per heavy atom. The molecule has 0 saturated heterocycles. The van der Waals surface area contributed by atoms with E-state index in [1.165, 1.54) is 6.20 Å². The van der Waals surface area contributed by atoms with Crippen molar-refractivity contribution in [2.75, 3.05) is 20.8 Å². The molecule has 0 spiro atoms. The van der Waals surface area contributed by atoms with Crippen molar-refractivity contribution in [1.29, 1.82) is 0 Å². The van der Waals surface area contributed by atoms with Crippen LogP contribution in [0.25, 0.3) is 0 Å². The Morgan fingerprint density at radius 3 is 2.72 bits per heavy atom. The van der Waals surface area contributed by atoms with E-state index in [1.54, 1.807) is 18.9 Å². The summed E-state index contributed by atoms with van der Waals surface area (Å²) in [6.07, 6.45) is 1.27. The van der Waals surface area contributed by atoms with Crippen molar-refractivity contribution in [3.63, 3.8) is 0 Å². The minimum atomic E-state index is -0.716. The van der Waals surface area contributed by atoms with E-state index in [2.05, 4.69) is 5.10 Å². The van der Waals surface area contributed by atoms with Gasteiger partial charge in [0.15, 0.2) is 0 Å². The number of hydrogen-bond donors (Lipinski definition) is 1. The van der Waals surface area contributed by atoms with E-state index in [9.17, 15) is 5.11 Å². The molecule has 1 aromatic heterocycles. The van der Waals surface area contributed by atoms with Crippen molar-refractivity contribution >= 4 is 11.6 Å². The summed E-state index contributed by atoms with van der Waals surface area (Å²) in [5, 5.41) is 14.9. The van der Waals surface area contributed by atoms with E-state index in [4.69, 9.17) is 21.1 Å². The van der Waals surface area contributed by atoms with Gasteiger partial charge in [0.1, 0.15) is 0 Å². The zero-order chi connectivity index (χ0) is 13.8. The molecule has 1 atom stereocenters. The van der Waals surface area contributed by atoms with Crippen molar-refractivity contribution in [3.8, 4) is 0 Å². The molecule has 1 aromatic rings. The number of ether oxygens (including phenoxy) is 2. The topological polar surface area (TPSA) is 56.5 Å². The lowest BCUT2D eigenvalue weighted by Gasteiger charge is -2.26. The maximum absolute atomic E-state index is 10.3. The summed E-state index contributed by atoms with van der Waals surface area (Å²) < 4.78 is 12.0. The maximum atomic E-state index is 10.3. The highest BCUT2D eigenvalue weighted by Gasteiger charge is 2.26. The highest BCUT2D eigenvalue weighted by molar-refractivity contribution is 6.31. The third kappa shape index (κ3) is 3.95. The van der Waals surface area contributed by atoms with Gasteiger partial charge in [0.2, 0.25) is 0 Å². The van der Waals surface area contributed by atoms with Gasteiger partial charge in [0, 0.05) is 20.6 Å². The monoisotopic (exact) mass is 276 g/mol. The van der Waals surface area contributed by atoms with Crippen LogP contribution in [0.3, 0.4) is 0 Å². The molecule has 0 aliphatic heterocycles. The zero-order valence-corrected chi connectivity index (χ0v) is 12.1. The second-order valence-electron chi connectivity index (χ2n) is 4.78. The molecule has 0 bridgehead atoms. The largest absolute Gasteiger partial charge is 0.387 e. The smallest absolute Gasteiger partial charge is 0.0999 e. The van der Waals surface area contributed by atoms with Crippen LogP contribution in [0.1, 0.15) is 32.1 Å². The van der Waals surface area contributed by atoms with Gasteiger partial charge in [0.05, 0.1) is 41.8 Å². The average molecular weight is 277 g/mol. The van der Waals surface area contributed by atoms with Crippen molar-refractivity contribution in [2.24, 2.45) is 0 Å². The number of methoxy groups -OCH3 is 2. The van der Waals surface area contributed by atoms with Gasteiger partial charge in [-0.2, -0.15) is 5.10 Å². The normalized spacial score (nSPS) is 13.9. The Hall–Kier alpha value is -0.620. The summed E-state index contributed by atoms with van der Waals surface area (Å²) in [6, 6.07) is 0.